The summed E-state index contributed by atoms with van der Waals surface area (Å²) < 4.78 is 1.68. The third-order valence-electron chi connectivity index (χ3n) is 3.62. The van der Waals surface area contributed by atoms with Gasteiger partial charge in [-0.1, -0.05) is 12.1 Å². The van der Waals surface area contributed by atoms with Crippen LogP contribution in [-0.2, 0) is 12.0 Å². The van der Waals surface area contributed by atoms with E-state index in [4.69, 9.17) is 5.73 Å². The topological polar surface area (TPSA) is 83.8 Å². The molecule has 6 heteroatoms. The van der Waals surface area contributed by atoms with Crippen LogP contribution in [0.2, 0.25) is 0 Å². The summed E-state index contributed by atoms with van der Waals surface area (Å²) >= 11 is 0. The van der Waals surface area contributed by atoms with E-state index < -0.39 is 5.41 Å². The van der Waals surface area contributed by atoms with Gasteiger partial charge in [-0.05, 0) is 31.5 Å². The molecule has 0 radical (unpaired) electrons. The van der Waals surface area contributed by atoms with Crippen LogP contribution in [0, 0.1) is 11.3 Å². The average molecular weight is 280 g/mol. The highest BCUT2D eigenvalue weighted by molar-refractivity contribution is 5.55. The van der Waals surface area contributed by atoms with Crippen LogP contribution in [0.1, 0.15) is 25.2 Å². The molecule has 0 fully saturated rings. The smallest absolute Gasteiger partial charge is 0.240 e. The lowest BCUT2D eigenvalue weighted by Gasteiger charge is -2.24. The van der Waals surface area contributed by atoms with Gasteiger partial charge in [-0.2, -0.15) is 10.2 Å². The predicted molar refractivity (Wildman–Crippen MR) is 81.0 cm³/mol. The Hall–Kier alpha value is -2.81. The molecule has 1 aromatic carbocycles. The summed E-state index contributed by atoms with van der Waals surface area (Å²) in [6.07, 6.45) is 3.76. The van der Waals surface area contributed by atoms with Crippen LogP contribution in [0.5, 0.6) is 0 Å². The number of hydrogen-bond donors (Lipinski definition) is 1. The number of anilines is 2. The molecule has 3 rings (SSSR count). The number of nitrogen functional groups attached to an aromatic ring is 1. The number of aromatic nitrogens is 3. The molecular weight excluding hydrogens is 264 g/mol. The lowest BCUT2D eigenvalue weighted by Crippen LogP contribution is -2.22. The van der Waals surface area contributed by atoms with E-state index in [0.717, 1.165) is 17.1 Å². The summed E-state index contributed by atoms with van der Waals surface area (Å²) in [5.74, 6) is 1.08. The highest BCUT2D eigenvalue weighted by Gasteiger charge is 2.20. The van der Waals surface area contributed by atoms with Gasteiger partial charge in [0.15, 0.2) is 5.82 Å². The average Bonchev–Trinajstić information content (AvgIpc) is 2.86. The Morgan fingerprint density at radius 2 is 1.95 bits per heavy atom. The number of hydrogen-bond acceptors (Lipinski definition) is 5. The fraction of sp³-hybridized carbons (Fsp3) is 0.267. The van der Waals surface area contributed by atoms with Gasteiger partial charge in [0.25, 0.3) is 0 Å². The van der Waals surface area contributed by atoms with Crippen molar-refractivity contribution in [1.82, 2.24) is 14.8 Å². The number of fused-ring (bicyclic) bond motifs is 1. The maximum absolute atomic E-state index is 9.18. The van der Waals surface area contributed by atoms with Crippen molar-refractivity contribution < 1.29 is 0 Å². The normalized spacial score (nSPS) is 13.9. The summed E-state index contributed by atoms with van der Waals surface area (Å²) in [4.78, 5) is 6.25. The summed E-state index contributed by atoms with van der Waals surface area (Å²) in [5.41, 5.74) is 7.16. The minimum atomic E-state index is -0.481. The first-order chi connectivity index (χ1) is 9.99. The van der Waals surface area contributed by atoms with Crippen LogP contribution in [0.4, 0.5) is 11.6 Å². The van der Waals surface area contributed by atoms with Crippen LogP contribution < -0.4 is 10.6 Å². The second kappa shape index (κ2) is 4.63. The first kappa shape index (κ1) is 13.2. The quantitative estimate of drug-likeness (QED) is 0.910. The molecule has 2 heterocycles. The molecule has 6 nitrogen and oxygen atoms in total. The Bertz CT molecular complexity index is 733. The Labute approximate surface area is 123 Å². The van der Waals surface area contributed by atoms with Gasteiger partial charge in [0.2, 0.25) is 5.95 Å². The van der Waals surface area contributed by atoms with Crippen molar-refractivity contribution in [2.75, 3.05) is 10.6 Å². The summed E-state index contributed by atoms with van der Waals surface area (Å²) in [5, 5.41) is 13.2. The van der Waals surface area contributed by atoms with Crippen molar-refractivity contribution in [2.45, 2.75) is 25.8 Å². The minimum Gasteiger partial charge on any atom is -0.366 e. The van der Waals surface area contributed by atoms with Crippen molar-refractivity contribution in [2.24, 2.45) is 0 Å². The van der Waals surface area contributed by atoms with E-state index in [1.807, 2.05) is 50.5 Å². The van der Waals surface area contributed by atoms with Crippen molar-refractivity contribution in [3.8, 4) is 6.07 Å². The van der Waals surface area contributed by atoms with Gasteiger partial charge in [-0.15, -0.1) is 5.10 Å². The molecule has 0 unspecified atom stereocenters. The second-order valence-electron chi connectivity index (χ2n) is 5.54. The molecule has 1 aliphatic rings. The third kappa shape index (κ3) is 2.34. The van der Waals surface area contributed by atoms with E-state index in [1.165, 1.54) is 0 Å². The van der Waals surface area contributed by atoms with E-state index in [9.17, 15) is 5.26 Å². The first-order valence-electron chi connectivity index (χ1n) is 6.67. The second-order valence-corrected chi connectivity index (χ2v) is 5.54. The largest absolute Gasteiger partial charge is 0.366 e. The van der Waals surface area contributed by atoms with Gasteiger partial charge < -0.3 is 10.6 Å². The van der Waals surface area contributed by atoms with Crippen LogP contribution in [0.25, 0.3) is 6.20 Å². The van der Waals surface area contributed by atoms with Crippen molar-refractivity contribution >= 4 is 17.8 Å². The number of nitriles is 1. The molecule has 2 N–H and O–H groups in total. The standard InChI is InChI=1S/C15H16N6/c1-15(2,10-16)11-3-5-12(6-4-11)20-7-8-21-13(9-20)18-14(17)19-21/h3-8H,9H2,1-2H3,(H2,17,19). The molecule has 2 aromatic rings. The fourth-order valence-corrected chi connectivity index (χ4v) is 2.26. The van der Waals surface area contributed by atoms with Crippen molar-refractivity contribution in [3.05, 3.63) is 41.9 Å². The van der Waals surface area contributed by atoms with Gasteiger partial charge in [0, 0.05) is 18.1 Å². The summed E-state index contributed by atoms with van der Waals surface area (Å²) in [6, 6.07) is 10.3. The highest BCUT2D eigenvalue weighted by Crippen LogP contribution is 2.26. The zero-order chi connectivity index (χ0) is 15.0. The molecule has 0 saturated carbocycles. The number of nitrogens with two attached hydrogens (primary N) is 1. The zero-order valence-corrected chi connectivity index (χ0v) is 12.0. The number of nitrogens with zero attached hydrogens (tertiary/aromatic N) is 5. The van der Waals surface area contributed by atoms with Crippen LogP contribution >= 0.6 is 0 Å². The van der Waals surface area contributed by atoms with Crippen molar-refractivity contribution in [1.29, 1.82) is 5.26 Å². The molecule has 0 atom stereocenters. The lowest BCUT2D eigenvalue weighted by molar-refractivity contribution is 0.686. The number of rotatable bonds is 2. The maximum Gasteiger partial charge on any atom is 0.240 e. The van der Waals surface area contributed by atoms with E-state index in [0.29, 0.717) is 6.54 Å². The summed E-state index contributed by atoms with van der Waals surface area (Å²) in [6.45, 7) is 4.43. The van der Waals surface area contributed by atoms with E-state index in [-0.39, 0.29) is 5.95 Å². The molecule has 0 bridgehead atoms. The fourth-order valence-electron chi connectivity index (χ4n) is 2.26. The van der Waals surface area contributed by atoms with E-state index >= 15 is 0 Å². The Morgan fingerprint density at radius 1 is 1.24 bits per heavy atom. The van der Waals surface area contributed by atoms with E-state index in [1.54, 1.807) is 4.68 Å². The van der Waals surface area contributed by atoms with Crippen LogP contribution in [0.15, 0.2) is 30.5 Å². The minimum absolute atomic E-state index is 0.280. The summed E-state index contributed by atoms with van der Waals surface area (Å²) in [7, 11) is 0. The monoisotopic (exact) mass is 280 g/mol. The molecule has 0 spiro atoms. The first-order valence-corrected chi connectivity index (χ1v) is 6.67. The van der Waals surface area contributed by atoms with Crippen molar-refractivity contribution in [3.63, 3.8) is 0 Å². The number of benzene rings is 1. The third-order valence-corrected chi connectivity index (χ3v) is 3.62. The maximum atomic E-state index is 9.18. The van der Waals surface area contributed by atoms with Gasteiger partial charge in [0.05, 0.1) is 18.0 Å². The van der Waals surface area contributed by atoms with Gasteiger partial charge in [-0.3, -0.25) is 0 Å². The Morgan fingerprint density at radius 3 is 2.62 bits per heavy atom. The van der Waals surface area contributed by atoms with Crippen LogP contribution in [0.3, 0.4) is 0 Å². The molecule has 1 aliphatic heterocycles. The zero-order valence-electron chi connectivity index (χ0n) is 12.0. The SMILES string of the molecule is CC(C)(C#N)c1ccc(N2C=Cn3nc(N)nc3C2)cc1. The molecule has 106 valence electrons. The molecule has 0 amide bonds. The predicted octanol–water partition coefficient (Wildman–Crippen LogP) is 2.11. The molecule has 0 saturated heterocycles. The Balaban J connectivity index is 1.85. The van der Waals surface area contributed by atoms with Crippen LogP contribution in [-0.4, -0.2) is 14.8 Å². The molecular formula is C15H16N6. The Kier molecular flexibility index (Phi) is 2.91. The van der Waals surface area contributed by atoms with E-state index in [2.05, 4.69) is 21.1 Å². The molecule has 21 heavy (non-hydrogen) atoms. The van der Waals surface area contributed by atoms with Gasteiger partial charge in [0.1, 0.15) is 0 Å². The highest BCUT2D eigenvalue weighted by atomic mass is 15.4. The van der Waals surface area contributed by atoms with Gasteiger partial charge >= 0.3 is 0 Å². The molecule has 0 aliphatic carbocycles. The molecule has 1 aromatic heterocycles. The lowest BCUT2D eigenvalue weighted by atomic mass is 9.86. The van der Waals surface area contributed by atoms with Gasteiger partial charge in [-0.25, -0.2) is 4.68 Å².